The third-order valence-corrected chi connectivity index (χ3v) is 19.6. The molecule has 9 unspecified atom stereocenters. The van der Waals surface area contributed by atoms with Crippen molar-refractivity contribution in [2.45, 2.75) is 454 Å². The third-order valence-electron chi connectivity index (χ3n) is 19.6. The van der Waals surface area contributed by atoms with E-state index in [1.54, 1.807) is 0 Å². The van der Waals surface area contributed by atoms with E-state index >= 15 is 0 Å². The average molecular weight is 1320 g/mol. The lowest BCUT2D eigenvalue weighted by atomic mass is 9.98. The van der Waals surface area contributed by atoms with Gasteiger partial charge in [-0.15, -0.1) is 0 Å². The first-order valence-electron chi connectivity index (χ1n) is 40.5. The molecule has 11 nitrogen and oxygen atoms in total. The van der Waals surface area contributed by atoms with Crippen LogP contribution >= 0.6 is 0 Å². The number of unbranched alkanes of at least 4 members (excludes halogenated alkanes) is 52. The molecule has 1 aliphatic rings. The molecule has 0 aromatic heterocycles. The van der Waals surface area contributed by atoms with Crippen LogP contribution < -0.4 is 5.32 Å². The van der Waals surface area contributed by atoms with E-state index in [9.17, 15) is 40.5 Å². The lowest BCUT2D eigenvalue weighted by Crippen LogP contribution is -2.60. The predicted molar refractivity (Wildman–Crippen MR) is 395 cm³/mol. The molecule has 0 bridgehead atoms. The highest BCUT2D eigenvalue weighted by Gasteiger charge is 2.44. The summed E-state index contributed by atoms with van der Waals surface area (Å²) < 4.78 is 11.2. The lowest BCUT2D eigenvalue weighted by Gasteiger charge is -2.40. The third kappa shape index (κ3) is 56.6. The Bertz CT molecular complexity index is 1660. The smallest absolute Gasteiger partial charge is 0.249 e. The standard InChI is InChI=1S/C82H155NO10/c1-3-5-7-9-11-13-15-17-19-21-23-25-27-29-31-33-34-35-36-37-38-39-40-41-42-44-46-48-50-52-54-56-58-60-62-64-66-68-70-75(86)81(91)83-73(72-92-82-80(90)79(89)78(88)76(71-84)93-82)77(87)74(85)69-67-65-63-61-59-57-55-53-51-49-47-45-43-32-30-28-26-24-22-20-18-16-14-12-10-8-6-4-2/h37-38,45,47,53,55,61,63,73-80,82,84-90H,3-36,39-44,46,48-52,54,56-60,62,64-72H2,1-2H3,(H,83,91)/b38-37-,47-45+,55-53+,63-61+. The Morgan fingerprint density at radius 3 is 0.957 bits per heavy atom. The van der Waals surface area contributed by atoms with E-state index in [1.807, 2.05) is 0 Å². The van der Waals surface area contributed by atoms with Gasteiger partial charge in [-0.2, -0.15) is 0 Å². The van der Waals surface area contributed by atoms with E-state index < -0.39 is 74.2 Å². The minimum atomic E-state index is -1.68. The van der Waals surface area contributed by atoms with Gasteiger partial charge < -0.3 is 50.5 Å². The largest absolute Gasteiger partial charge is 0.394 e. The molecule has 1 heterocycles. The van der Waals surface area contributed by atoms with Crippen LogP contribution in [-0.2, 0) is 14.3 Å². The zero-order valence-electron chi connectivity index (χ0n) is 61.0. The molecule has 9 atom stereocenters. The van der Waals surface area contributed by atoms with Crippen LogP contribution in [0.3, 0.4) is 0 Å². The molecule has 0 spiro atoms. The summed E-state index contributed by atoms with van der Waals surface area (Å²) >= 11 is 0. The van der Waals surface area contributed by atoms with E-state index in [0.29, 0.717) is 19.3 Å². The molecule has 1 saturated heterocycles. The number of allylic oxidation sites excluding steroid dienone is 8. The van der Waals surface area contributed by atoms with Crippen LogP contribution in [0.25, 0.3) is 0 Å². The van der Waals surface area contributed by atoms with Gasteiger partial charge in [0.25, 0.3) is 0 Å². The molecule has 548 valence electrons. The fourth-order valence-electron chi connectivity index (χ4n) is 13.1. The van der Waals surface area contributed by atoms with Crippen molar-refractivity contribution in [3.8, 4) is 0 Å². The van der Waals surface area contributed by atoms with E-state index in [4.69, 9.17) is 9.47 Å². The van der Waals surface area contributed by atoms with Crippen LogP contribution in [0.2, 0.25) is 0 Å². The number of ether oxygens (including phenoxy) is 2. The summed E-state index contributed by atoms with van der Waals surface area (Å²) in [6, 6.07) is -1.20. The van der Waals surface area contributed by atoms with Crippen LogP contribution in [0.1, 0.15) is 399 Å². The summed E-state index contributed by atoms with van der Waals surface area (Å²) in [5.74, 6) is -0.707. The minimum Gasteiger partial charge on any atom is -0.394 e. The van der Waals surface area contributed by atoms with Crippen molar-refractivity contribution in [1.82, 2.24) is 5.32 Å². The molecule has 0 aliphatic carbocycles. The second-order valence-corrected chi connectivity index (χ2v) is 28.5. The van der Waals surface area contributed by atoms with Crippen LogP contribution in [-0.4, -0.2) is 110 Å². The van der Waals surface area contributed by atoms with Gasteiger partial charge in [0.2, 0.25) is 5.91 Å². The Morgan fingerprint density at radius 1 is 0.366 bits per heavy atom. The van der Waals surface area contributed by atoms with Gasteiger partial charge in [-0.05, 0) is 89.9 Å². The number of amides is 1. The van der Waals surface area contributed by atoms with Gasteiger partial charge >= 0.3 is 0 Å². The molecular formula is C82H155NO10. The van der Waals surface area contributed by atoms with Crippen LogP contribution in [0.5, 0.6) is 0 Å². The number of carbonyl (C=O) groups excluding carboxylic acids is 1. The SMILES string of the molecule is CCCCCCCCCCCCCCCCC/C=C/CC/C=C/CC/C=C/CCCC(O)C(O)C(COC1OC(CO)C(O)C(O)C1O)NC(=O)C(O)CCCCCCCCCCCCCCCCCC/C=C\CCCCCCCCCCCCCCCCCCCC. The van der Waals surface area contributed by atoms with Crippen molar-refractivity contribution in [2.24, 2.45) is 0 Å². The molecule has 1 amide bonds. The lowest BCUT2D eigenvalue weighted by molar-refractivity contribution is -0.303. The van der Waals surface area contributed by atoms with Crippen molar-refractivity contribution < 1.29 is 50.0 Å². The minimum absolute atomic E-state index is 0.242. The van der Waals surface area contributed by atoms with E-state index in [2.05, 4.69) is 67.8 Å². The molecule has 1 fully saturated rings. The first-order valence-corrected chi connectivity index (χ1v) is 40.5. The Balaban J connectivity index is 2.14. The van der Waals surface area contributed by atoms with E-state index in [0.717, 1.165) is 44.9 Å². The molecule has 8 N–H and O–H groups in total. The molecule has 0 radical (unpaired) electrons. The molecule has 0 aromatic carbocycles. The Morgan fingerprint density at radius 2 is 0.645 bits per heavy atom. The summed E-state index contributed by atoms with van der Waals surface area (Å²) in [7, 11) is 0. The van der Waals surface area contributed by atoms with Crippen molar-refractivity contribution in [3.05, 3.63) is 48.6 Å². The fraction of sp³-hybridized carbons (Fsp3) is 0.890. The maximum Gasteiger partial charge on any atom is 0.249 e. The molecular weight excluding hydrogens is 1160 g/mol. The highest BCUT2D eigenvalue weighted by molar-refractivity contribution is 5.80. The van der Waals surface area contributed by atoms with Crippen molar-refractivity contribution in [1.29, 1.82) is 0 Å². The average Bonchev–Trinajstić information content (AvgIpc) is 1.04. The number of carbonyl (C=O) groups is 1. The monoisotopic (exact) mass is 1310 g/mol. The second-order valence-electron chi connectivity index (χ2n) is 28.5. The molecule has 1 aliphatic heterocycles. The molecule has 0 saturated carbocycles. The van der Waals surface area contributed by atoms with E-state index in [-0.39, 0.29) is 12.8 Å². The van der Waals surface area contributed by atoms with Gasteiger partial charge in [0, 0.05) is 0 Å². The Labute approximate surface area is 574 Å². The van der Waals surface area contributed by atoms with Gasteiger partial charge in [-0.3, -0.25) is 4.79 Å². The summed E-state index contributed by atoms with van der Waals surface area (Å²) in [5.41, 5.74) is 0. The maximum absolute atomic E-state index is 13.3. The zero-order chi connectivity index (χ0) is 67.4. The molecule has 1 rings (SSSR count). The number of aliphatic hydroxyl groups is 7. The Hall–Kier alpha value is -1.93. The van der Waals surface area contributed by atoms with Crippen LogP contribution in [0, 0.1) is 0 Å². The second kappa shape index (κ2) is 70.0. The summed E-state index contributed by atoms with van der Waals surface area (Å²) in [5, 5.41) is 76.7. The predicted octanol–water partition coefficient (Wildman–Crippen LogP) is 21.0. The van der Waals surface area contributed by atoms with Crippen LogP contribution in [0.15, 0.2) is 48.6 Å². The van der Waals surface area contributed by atoms with Crippen LogP contribution in [0.4, 0.5) is 0 Å². The first kappa shape index (κ1) is 89.1. The topological polar surface area (TPSA) is 189 Å². The van der Waals surface area contributed by atoms with Crippen molar-refractivity contribution in [2.75, 3.05) is 13.2 Å². The van der Waals surface area contributed by atoms with Gasteiger partial charge in [0.05, 0.1) is 25.4 Å². The summed E-state index contributed by atoms with van der Waals surface area (Å²) in [6.45, 7) is 3.50. The zero-order valence-corrected chi connectivity index (χ0v) is 61.0. The maximum atomic E-state index is 13.3. The summed E-state index contributed by atoms with van der Waals surface area (Å²) in [4.78, 5) is 13.3. The number of nitrogens with one attached hydrogen (secondary N) is 1. The quantitative estimate of drug-likeness (QED) is 0.0215. The number of hydrogen-bond donors (Lipinski definition) is 8. The molecule has 0 aromatic rings. The molecule has 11 heteroatoms. The van der Waals surface area contributed by atoms with Gasteiger partial charge in [0.1, 0.15) is 36.6 Å². The highest BCUT2D eigenvalue weighted by atomic mass is 16.7. The number of aliphatic hydroxyl groups excluding tert-OH is 7. The van der Waals surface area contributed by atoms with Gasteiger partial charge in [0.15, 0.2) is 6.29 Å². The Kier molecular flexibility index (Phi) is 67.0. The van der Waals surface area contributed by atoms with E-state index in [1.165, 1.54) is 308 Å². The summed E-state index contributed by atoms with van der Waals surface area (Å²) in [6.07, 6.45) is 82.4. The number of rotatable bonds is 72. The number of hydrogen-bond acceptors (Lipinski definition) is 10. The van der Waals surface area contributed by atoms with Crippen molar-refractivity contribution in [3.63, 3.8) is 0 Å². The van der Waals surface area contributed by atoms with Crippen molar-refractivity contribution >= 4 is 5.91 Å². The van der Waals surface area contributed by atoms with Gasteiger partial charge in [-0.25, -0.2) is 0 Å². The molecule has 93 heavy (non-hydrogen) atoms. The normalized spacial score (nSPS) is 18.5. The van der Waals surface area contributed by atoms with Gasteiger partial charge in [-0.1, -0.05) is 358 Å². The first-order chi connectivity index (χ1) is 45.7. The fourth-order valence-corrected chi connectivity index (χ4v) is 13.1. The highest BCUT2D eigenvalue weighted by Crippen LogP contribution is 2.24.